The lowest BCUT2D eigenvalue weighted by Crippen LogP contribution is -2.43. The Morgan fingerprint density at radius 3 is 2.42 bits per heavy atom. The number of esters is 1. The van der Waals surface area contributed by atoms with E-state index >= 15 is 0 Å². The van der Waals surface area contributed by atoms with E-state index < -0.39 is 12.0 Å². The first-order valence-electron chi connectivity index (χ1n) is 8.11. The molecule has 4 heteroatoms. The molecule has 0 fully saturated rings. The van der Waals surface area contributed by atoms with Crippen molar-refractivity contribution in [2.45, 2.75) is 33.4 Å². The van der Waals surface area contributed by atoms with Crippen molar-refractivity contribution >= 4 is 11.9 Å². The summed E-state index contributed by atoms with van der Waals surface area (Å²) in [5, 5.41) is 0. The van der Waals surface area contributed by atoms with Crippen LogP contribution in [-0.4, -0.2) is 29.4 Å². The second-order valence-electron chi connectivity index (χ2n) is 5.72. The van der Waals surface area contributed by atoms with Crippen LogP contribution in [0.1, 0.15) is 35.3 Å². The van der Waals surface area contributed by atoms with Crippen LogP contribution in [0.5, 0.6) is 0 Å². The summed E-state index contributed by atoms with van der Waals surface area (Å²) in [5.41, 5.74) is 2.54. The van der Waals surface area contributed by atoms with Crippen LogP contribution in [0.15, 0.2) is 54.6 Å². The smallest absolute Gasteiger partial charge is 0.328 e. The molecular weight excluding hydrogens is 302 g/mol. The molecule has 0 radical (unpaired) electrons. The first-order valence-corrected chi connectivity index (χ1v) is 8.11. The van der Waals surface area contributed by atoms with Gasteiger partial charge in [0.2, 0.25) is 0 Å². The molecule has 126 valence electrons. The summed E-state index contributed by atoms with van der Waals surface area (Å²) in [4.78, 5) is 26.7. The summed E-state index contributed by atoms with van der Waals surface area (Å²) in [5.74, 6) is -0.572. The van der Waals surface area contributed by atoms with Crippen molar-refractivity contribution in [2.75, 3.05) is 6.61 Å². The fourth-order valence-electron chi connectivity index (χ4n) is 2.50. The molecule has 24 heavy (non-hydrogen) atoms. The molecule has 0 aromatic heterocycles. The summed E-state index contributed by atoms with van der Waals surface area (Å²) in [6, 6.07) is 16.4. The second-order valence-corrected chi connectivity index (χ2v) is 5.72. The lowest BCUT2D eigenvalue weighted by atomic mass is 10.1. The highest BCUT2D eigenvalue weighted by atomic mass is 16.5. The Labute approximate surface area is 143 Å². The number of benzene rings is 2. The first kappa shape index (κ1) is 17.7. The summed E-state index contributed by atoms with van der Waals surface area (Å²) in [6.45, 7) is 6.05. The largest absolute Gasteiger partial charge is 0.464 e. The molecule has 0 N–H and O–H groups in total. The SMILES string of the molecule is CCOC(=O)C(C)N(Cc1ccccc1)C(=O)c1cccc(C)c1. The zero-order chi connectivity index (χ0) is 17.5. The van der Waals surface area contributed by atoms with E-state index in [2.05, 4.69) is 0 Å². The van der Waals surface area contributed by atoms with E-state index in [4.69, 9.17) is 4.74 Å². The third-order valence-electron chi connectivity index (χ3n) is 3.82. The van der Waals surface area contributed by atoms with E-state index in [0.717, 1.165) is 11.1 Å². The number of rotatable bonds is 6. The molecule has 2 aromatic carbocycles. The monoisotopic (exact) mass is 325 g/mol. The Bertz CT molecular complexity index is 697. The van der Waals surface area contributed by atoms with E-state index in [1.807, 2.05) is 55.5 Å². The Hall–Kier alpha value is -2.62. The van der Waals surface area contributed by atoms with Crippen LogP contribution < -0.4 is 0 Å². The maximum Gasteiger partial charge on any atom is 0.328 e. The topological polar surface area (TPSA) is 46.6 Å². The summed E-state index contributed by atoms with van der Waals surface area (Å²) in [7, 11) is 0. The highest BCUT2D eigenvalue weighted by Gasteiger charge is 2.28. The molecule has 1 atom stereocenters. The molecule has 0 spiro atoms. The standard InChI is InChI=1S/C20H23NO3/c1-4-24-20(23)16(3)21(14-17-10-6-5-7-11-17)19(22)18-12-8-9-15(2)13-18/h5-13,16H,4,14H2,1-3H3. The second kappa shape index (κ2) is 8.29. The fraction of sp³-hybridized carbons (Fsp3) is 0.300. The van der Waals surface area contributed by atoms with Crippen molar-refractivity contribution in [1.29, 1.82) is 0 Å². The van der Waals surface area contributed by atoms with Gasteiger partial charge in [-0.3, -0.25) is 4.79 Å². The molecular formula is C20H23NO3. The molecule has 1 unspecified atom stereocenters. The number of amides is 1. The zero-order valence-corrected chi connectivity index (χ0v) is 14.4. The van der Waals surface area contributed by atoms with Gasteiger partial charge in [-0.05, 0) is 38.5 Å². The predicted octanol–water partition coefficient (Wildman–Crippen LogP) is 3.59. The summed E-state index contributed by atoms with van der Waals surface area (Å²) < 4.78 is 5.10. The van der Waals surface area contributed by atoms with Gasteiger partial charge in [0, 0.05) is 12.1 Å². The highest BCUT2D eigenvalue weighted by molar-refractivity contribution is 5.96. The molecule has 0 aliphatic carbocycles. The average molecular weight is 325 g/mol. The molecule has 0 bridgehead atoms. The number of carbonyl (C=O) groups is 2. The van der Waals surface area contributed by atoms with Crippen LogP contribution in [0.3, 0.4) is 0 Å². The van der Waals surface area contributed by atoms with E-state index in [-0.39, 0.29) is 5.91 Å². The van der Waals surface area contributed by atoms with Crippen LogP contribution in [0.4, 0.5) is 0 Å². The molecule has 2 aromatic rings. The highest BCUT2D eigenvalue weighted by Crippen LogP contribution is 2.15. The Balaban J connectivity index is 2.30. The number of ether oxygens (including phenoxy) is 1. The van der Waals surface area contributed by atoms with Gasteiger partial charge in [-0.15, -0.1) is 0 Å². The molecule has 0 saturated carbocycles. The van der Waals surface area contributed by atoms with Crippen molar-refractivity contribution in [3.8, 4) is 0 Å². The minimum Gasteiger partial charge on any atom is -0.464 e. The lowest BCUT2D eigenvalue weighted by Gasteiger charge is -2.28. The quantitative estimate of drug-likeness (QED) is 0.763. The van der Waals surface area contributed by atoms with Crippen LogP contribution in [0.25, 0.3) is 0 Å². The van der Waals surface area contributed by atoms with E-state index in [9.17, 15) is 9.59 Å². The Morgan fingerprint density at radius 2 is 1.79 bits per heavy atom. The molecule has 2 rings (SSSR count). The average Bonchev–Trinajstić information content (AvgIpc) is 2.59. The van der Waals surface area contributed by atoms with E-state index in [1.165, 1.54) is 0 Å². The predicted molar refractivity (Wildman–Crippen MR) is 93.6 cm³/mol. The van der Waals surface area contributed by atoms with Crippen LogP contribution in [0.2, 0.25) is 0 Å². The molecule has 0 aliphatic heterocycles. The minimum absolute atomic E-state index is 0.178. The number of hydrogen-bond acceptors (Lipinski definition) is 3. The van der Waals surface area contributed by atoms with Crippen molar-refractivity contribution in [2.24, 2.45) is 0 Å². The minimum atomic E-state index is -0.654. The van der Waals surface area contributed by atoms with E-state index in [1.54, 1.807) is 24.8 Å². The van der Waals surface area contributed by atoms with Gasteiger partial charge in [-0.25, -0.2) is 4.79 Å². The number of hydrogen-bond donors (Lipinski definition) is 0. The molecule has 0 saturated heterocycles. The molecule has 4 nitrogen and oxygen atoms in total. The summed E-state index contributed by atoms with van der Waals surface area (Å²) in [6.07, 6.45) is 0. The van der Waals surface area contributed by atoms with Gasteiger partial charge in [0.1, 0.15) is 6.04 Å². The molecule has 0 heterocycles. The van der Waals surface area contributed by atoms with E-state index in [0.29, 0.717) is 18.7 Å². The number of nitrogens with zero attached hydrogens (tertiary/aromatic N) is 1. The van der Waals surface area contributed by atoms with Crippen molar-refractivity contribution in [1.82, 2.24) is 4.90 Å². The van der Waals surface area contributed by atoms with Gasteiger partial charge in [-0.2, -0.15) is 0 Å². The third kappa shape index (κ3) is 4.44. The Kier molecular flexibility index (Phi) is 6.13. The van der Waals surface area contributed by atoms with Gasteiger partial charge in [0.05, 0.1) is 6.61 Å². The number of carbonyl (C=O) groups excluding carboxylic acids is 2. The third-order valence-corrected chi connectivity index (χ3v) is 3.82. The van der Waals surface area contributed by atoms with Crippen molar-refractivity contribution in [3.05, 3.63) is 71.3 Å². The molecule has 0 aliphatic rings. The summed E-state index contributed by atoms with van der Waals surface area (Å²) >= 11 is 0. The first-order chi connectivity index (χ1) is 11.5. The normalized spacial score (nSPS) is 11.6. The fourth-order valence-corrected chi connectivity index (χ4v) is 2.50. The maximum absolute atomic E-state index is 13.0. The Morgan fingerprint density at radius 1 is 1.08 bits per heavy atom. The van der Waals surface area contributed by atoms with Gasteiger partial charge in [0.15, 0.2) is 0 Å². The van der Waals surface area contributed by atoms with Crippen molar-refractivity contribution in [3.63, 3.8) is 0 Å². The maximum atomic E-state index is 13.0. The van der Waals surface area contributed by atoms with Gasteiger partial charge < -0.3 is 9.64 Å². The lowest BCUT2D eigenvalue weighted by molar-refractivity contribution is -0.148. The van der Waals surface area contributed by atoms with Crippen LogP contribution in [-0.2, 0) is 16.1 Å². The van der Waals surface area contributed by atoms with Crippen molar-refractivity contribution < 1.29 is 14.3 Å². The van der Waals surface area contributed by atoms with Gasteiger partial charge in [0.25, 0.3) is 5.91 Å². The van der Waals surface area contributed by atoms with Gasteiger partial charge in [-0.1, -0.05) is 48.0 Å². The van der Waals surface area contributed by atoms with Crippen LogP contribution >= 0.6 is 0 Å². The number of aryl methyl sites for hydroxylation is 1. The van der Waals surface area contributed by atoms with Gasteiger partial charge >= 0.3 is 5.97 Å². The molecule has 1 amide bonds. The zero-order valence-electron chi connectivity index (χ0n) is 14.4. The van der Waals surface area contributed by atoms with Crippen LogP contribution in [0, 0.1) is 6.92 Å².